The zero-order valence-electron chi connectivity index (χ0n) is 14.0. The first-order valence-corrected chi connectivity index (χ1v) is 8.80. The number of nitrogens with zero attached hydrogens (tertiary/aromatic N) is 1. The number of cyclic esters (lactones) is 1. The predicted octanol–water partition coefficient (Wildman–Crippen LogP) is 4.18. The Bertz CT molecular complexity index is 588. The van der Waals surface area contributed by atoms with Crippen molar-refractivity contribution in [2.75, 3.05) is 12.5 Å². The van der Waals surface area contributed by atoms with Crippen LogP contribution in [0.15, 0.2) is 42.5 Å². The maximum Gasteiger partial charge on any atom is 0.416 e. The lowest BCUT2D eigenvalue weighted by molar-refractivity contribution is -0.133. The van der Waals surface area contributed by atoms with Crippen molar-refractivity contribution in [1.29, 1.82) is 0 Å². The third kappa shape index (κ3) is 4.84. The van der Waals surface area contributed by atoms with Gasteiger partial charge < -0.3 is 4.74 Å². The molecule has 24 heavy (non-hydrogen) atoms. The standard InChI is InChI=1S/C19H24ClNO3/c1-14(2)8-9-16(10-11-20)18(22)21-17(13-24-19(21)23)12-15-6-4-3-5-7-15/h3-7,16-17H,1,8-13H2,2H3/t16-,17+/m0/s1. The minimum absolute atomic E-state index is 0.180. The van der Waals surface area contributed by atoms with Crippen LogP contribution in [0.25, 0.3) is 0 Å². The largest absolute Gasteiger partial charge is 0.447 e. The van der Waals surface area contributed by atoms with Crippen LogP contribution >= 0.6 is 11.6 Å². The summed E-state index contributed by atoms with van der Waals surface area (Å²) in [6, 6.07) is 9.56. The second-order valence-corrected chi connectivity index (χ2v) is 6.68. The third-order valence-electron chi connectivity index (χ3n) is 4.24. The van der Waals surface area contributed by atoms with Crippen molar-refractivity contribution in [2.45, 2.75) is 38.6 Å². The fraction of sp³-hybridized carbons (Fsp3) is 0.474. The van der Waals surface area contributed by atoms with Crippen LogP contribution in [-0.2, 0) is 16.0 Å². The van der Waals surface area contributed by atoms with Crippen LogP contribution in [0.3, 0.4) is 0 Å². The van der Waals surface area contributed by atoms with Crippen molar-refractivity contribution in [1.82, 2.24) is 4.90 Å². The Morgan fingerprint density at radius 2 is 2.08 bits per heavy atom. The summed E-state index contributed by atoms with van der Waals surface area (Å²) >= 11 is 5.86. The van der Waals surface area contributed by atoms with E-state index in [0.717, 1.165) is 17.6 Å². The Morgan fingerprint density at radius 3 is 2.71 bits per heavy atom. The van der Waals surface area contributed by atoms with E-state index in [1.54, 1.807) is 0 Å². The summed E-state index contributed by atoms with van der Waals surface area (Å²) in [6.45, 7) is 6.06. The number of carbonyl (C=O) groups is 2. The summed E-state index contributed by atoms with van der Waals surface area (Å²) in [5.41, 5.74) is 2.10. The number of hydrogen-bond donors (Lipinski definition) is 0. The average Bonchev–Trinajstić information content (AvgIpc) is 2.92. The Labute approximate surface area is 148 Å². The van der Waals surface area contributed by atoms with E-state index in [2.05, 4.69) is 6.58 Å². The molecular formula is C19H24ClNO3. The van der Waals surface area contributed by atoms with Gasteiger partial charge in [-0.25, -0.2) is 9.69 Å². The molecule has 1 saturated heterocycles. The lowest BCUT2D eigenvalue weighted by Crippen LogP contribution is -2.43. The summed E-state index contributed by atoms with van der Waals surface area (Å²) in [5.74, 6) is -0.0674. The summed E-state index contributed by atoms with van der Waals surface area (Å²) in [7, 11) is 0. The third-order valence-corrected chi connectivity index (χ3v) is 4.46. The van der Waals surface area contributed by atoms with Crippen molar-refractivity contribution >= 4 is 23.6 Å². The van der Waals surface area contributed by atoms with Gasteiger partial charge in [0.2, 0.25) is 5.91 Å². The molecule has 2 atom stereocenters. The Balaban J connectivity index is 2.10. The average molecular weight is 350 g/mol. The number of hydrogen-bond acceptors (Lipinski definition) is 3. The monoisotopic (exact) mass is 349 g/mol. The highest BCUT2D eigenvalue weighted by molar-refractivity contribution is 6.18. The Kier molecular flexibility index (Phi) is 6.85. The molecule has 1 fully saturated rings. The van der Waals surface area contributed by atoms with Gasteiger partial charge in [-0.05, 0) is 38.2 Å². The van der Waals surface area contributed by atoms with E-state index < -0.39 is 6.09 Å². The molecular weight excluding hydrogens is 326 g/mol. The van der Waals surface area contributed by atoms with Crippen LogP contribution in [-0.4, -0.2) is 35.4 Å². The zero-order valence-corrected chi connectivity index (χ0v) is 14.8. The molecule has 0 spiro atoms. The predicted molar refractivity (Wildman–Crippen MR) is 95.0 cm³/mol. The van der Waals surface area contributed by atoms with Crippen molar-refractivity contribution in [2.24, 2.45) is 5.92 Å². The SMILES string of the molecule is C=C(C)CC[C@@H](CCCl)C(=O)N1C(=O)OC[C@H]1Cc1ccccc1. The van der Waals surface area contributed by atoms with E-state index in [9.17, 15) is 9.59 Å². The fourth-order valence-corrected chi connectivity index (χ4v) is 3.17. The molecule has 0 bridgehead atoms. The normalized spacial score (nSPS) is 18.3. The topological polar surface area (TPSA) is 46.6 Å². The first-order chi connectivity index (χ1) is 11.5. The molecule has 5 heteroatoms. The van der Waals surface area contributed by atoms with Gasteiger partial charge in [-0.3, -0.25) is 4.79 Å². The molecule has 2 rings (SSSR count). The number of allylic oxidation sites excluding steroid dienone is 1. The van der Waals surface area contributed by atoms with Gasteiger partial charge in [0, 0.05) is 11.8 Å². The highest BCUT2D eigenvalue weighted by Crippen LogP contribution is 2.24. The number of carbonyl (C=O) groups excluding carboxylic acids is 2. The second-order valence-electron chi connectivity index (χ2n) is 6.30. The maximum atomic E-state index is 12.9. The minimum Gasteiger partial charge on any atom is -0.447 e. The molecule has 0 N–H and O–H groups in total. The van der Waals surface area contributed by atoms with Gasteiger partial charge in [-0.1, -0.05) is 35.9 Å². The minimum atomic E-state index is -0.546. The van der Waals surface area contributed by atoms with Gasteiger partial charge in [-0.15, -0.1) is 18.2 Å². The van der Waals surface area contributed by atoms with Crippen LogP contribution in [0.4, 0.5) is 4.79 Å². The molecule has 130 valence electrons. The van der Waals surface area contributed by atoms with Crippen LogP contribution in [0, 0.1) is 5.92 Å². The van der Waals surface area contributed by atoms with E-state index in [0.29, 0.717) is 25.1 Å². The van der Waals surface area contributed by atoms with Crippen LogP contribution in [0.1, 0.15) is 31.7 Å². The van der Waals surface area contributed by atoms with Crippen molar-refractivity contribution < 1.29 is 14.3 Å². The number of halogens is 1. The van der Waals surface area contributed by atoms with Crippen molar-refractivity contribution in [3.63, 3.8) is 0 Å². The first-order valence-electron chi connectivity index (χ1n) is 8.27. The summed E-state index contributed by atoms with van der Waals surface area (Å²) < 4.78 is 5.14. The summed E-state index contributed by atoms with van der Waals surface area (Å²) in [4.78, 5) is 26.3. The first kappa shape index (κ1) is 18.5. The van der Waals surface area contributed by atoms with Crippen LogP contribution in [0.5, 0.6) is 0 Å². The zero-order chi connectivity index (χ0) is 17.5. The Hall–Kier alpha value is -1.81. The van der Waals surface area contributed by atoms with E-state index in [-0.39, 0.29) is 24.5 Å². The summed E-state index contributed by atoms with van der Waals surface area (Å²) in [6.07, 6.45) is 2.01. The number of alkyl halides is 1. The molecule has 4 nitrogen and oxygen atoms in total. The number of imide groups is 1. The fourth-order valence-electron chi connectivity index (χ4n) is 2.91. The smallest absolute Gasteiger partial charge is 0.416 e. The lowest BCUT2D eigenvalue weighted by Gasteiger charge is -2.24. The molecule has 0 aromatic heterocycles. The molecule has 0 saturated carbocycles. The molecule has 0 radical (unpaired) electrons. The molecule has 1 aliphatic rings. The quantitative estimate of drug-likeness (QED) is 0.522. The van der Waals surface area contributed by atoms with Gasteiger partial charge in [-0.2, -0.15) is 0 Å². The van der Waals surface area contributed by atoms with E-state index in [1.165, 1.54) is 4.90 Å². The van der Waals surface area contributed by atoms with Crippen LogP contribution < -0.4 is 0 Å². The van der Waals surface area contributed by atoms with Crippen molar-refractivity contribution in [3.05, 3.63) is 48.0 Å². The highest BCUT2D eigenvalue weighted by atomic mass is 35.5. The Morgan fingerprint density at radius 1 is 1.38 bits per heavy atom. The number of amides is 2. The van der Waals surface area contributed by atoms with Gasteiger partial charge in [0.25, 0.3) is 0 Å². The number of benzene rings is 1. The highest BCUT2D eigenvalue weighted by Gasteiger charge is 2.40. The molecule has 1 heterocycles. The number of ether oxygens (including phenoxy) is 1. The molecule has 1 aromatic rings. The molecule has 0 aliphatic carbocycles. The van der Waals surface area contributed by atoms with Gasteiger partial charge in [0.05, 0.1) is 6.04 Å². The van der Waals surface area contributed by atoms with Crippen molar-refractivity contribution in [3.8, 4) is 0 Å². The van der Waals surface area contributed by atoms with Gasteiger partial charge >= 0.3 is 6.09 Å². The van der Waals surface area contributed by atoms with Gasteiger partial charge in [0.1, 0.15) is 6.61 Å². The molecule has 1 aromatic carbocycles. The molecule has 2 amide bonds. The molecule has 0 unspecified atom stereocenters. The summed E-state index contributed by atoms with van der Waals surface area (Å²) in [5, 5.41) is 0. The van der Waals surface area contributed by atoms with E-state index in [4.69, 9.17) is 16.3 Å². The molecule has 1 aliphatic heterocycles. The number of rotatable bonds is 8. The van der Waals surface area contributed by atoms with E-state index in [1.807, 2.05) is 37.3 Å². The second kappa shape index (κ2) is 8.88. The van der Waals surface area contributed by atoms with Gasteiger partial charge in [0.15, 0.2) is 0 Å². The van der Waals surface area contributed by atoms with Crippen LogP contribution in [0.2, 0.25) is 0 Å². The lowest BCUT2D eigenvalue weighted by atomic mass is 9.95. The van der Waals surface area contributed by atoms with E-state index >= 15 is 0 Å². The maximum absolute atomic E-state index is 12.9.